The molecule has 1 heteroatoms. The third-order valence-corrected chi connectivity index (χ3v) is 1.31. The third-order valence-electron chi connectivity index (χ3n) is 0.933. The van der Waals surface area contributed by atoms with Gasteiger partial charge in [0.05, 0.1) is 0 Å². The van der Waals surface area contributed by atoms with E-state index in [1.54, 1.807) is 0 Å². The molecule has 0 heterocycles. The number of alkyl halides is 1. The lowest BCUT2D eigenvalue weighted by Crippen LogP contribution is -1.97. The smallest absolute Gasteiger partial charge is 0.0215 e. The fourth-order valence-corrected chi connectivity index (χ4v) is 0.690. The molecule has 0 N–H and O–H groups in total. The van der Waals surface area contributed by atoms with Crippen LogP contribution in [-0.4, -0.2) is 5.33 Å². The Balaban J connectivity index is 3.66. The van der Waals surface area contributed by atoms with Crippen molar-refractivity contribution >= 4 is 15.9 Å². The number of hydrogen-bond acceptors (Lipinski definition) is 0. The van der Waals surface area contributed by atoms with Crippen molar-refractivity contribution in [2.24, 2.45) is 5.41 Å². The first-order valence-corrected chi connectivity index (χ1v) is 4.59. The highest BCUT2D eigenvalue weighted by atomic mass is 79.9. The molecular formula is C9H15Br. The van der Waals surface area contributed by atoms with Crippen LogP contribution in [0.2, 0.25) is 0 Å². The molecule has 0 nitrogen and oxygen atoms in total. The van der Waals surface area contributed by atoms with Gasteiger partial charge in [-0.15, -0.1) is 0 Å². The molecule has 0 saturated heterocycles. The first kappa shape index (κ1) is 9.96. The van der Waals surface area contributed by atoms with Crippen LogP contribution in [-0.2, 0) is 0 Å². The van der Waals surface area contributed by atoms with Gasteiger partial charge in [0, 0.05) is 5.33 Å². The molecule has 0 amide bonds. The van der Waals surface area contributed by atoms with Crippen LogP contribution in [0.1, 0.15) is 20.8 Å². The lowest BCUT2D eigenvalue weighted by atomic mass is 9.96. The second-order valence-corrected chi connectivity index (χ2v) is 3.96. The lowest BCUT2D eigenvalue weighted by molar-refractivity contribution is 0.544. The van der Waals surface area contributed by atoms with Crippen molar-refractivity contribution in [1.29, 1.82) is 0 Å². The fraction of sp³-hybridized carbons (Fsp3) is 0.556. The Labute approximate surface area is 72.1 Å². The Bertz CT molecular complexity index is 126. The van der Waals surface area contributed by atoms with E-state index in [0.29, 0.717) is 5.41 Å². The Kier molecular flexibility index (Phi) is 4.71. The zero-order chi connectivity index (χ0) is 8.04. The van der Waals surface area contributed by atoms with Crippen LogP contribution < -0.4 is 0 Å². The predicted octanol–water partition coefficient (Wildman–Crippen LogP) is 3.54. The highest BCUT2D eigenvalue weighted by Gasteiger charge is 2.01. The Morgan fingerprint density at radius 3 is 2.20 bits per heavy atom. The maximum Gasteiger partial charge on any atom is 0.0215 e. The summed E-state index contributed by atoms with van der Waals surface area (Å²) in [6, 6.07) is 0. The van der Waals surface area contributed by atoms with E-state index in [1.165, 1.54) is 0 Å². The molecular weight excluding hydrogens is 188 g/mol. The van der Waals surface area contributed by atoms with E-state index >= 15 is 0 Å². The van der Waals surface area contributed by atoms with Crippen LogP contribution >= 0.6 is 15.9 Å². The molecule has 0 atom stereocenters. The Morgan fingerprint density at radius 2 is 1.80 bits per heavy atom. The summed E-state index contributed by atoms with van der Waals surface area (Å²) in [6.07, 6.45) is 8.40. The van der Waals surface area contributed by atoms with Gasteiger partial charge in [-0.2, -0.15) is 0 Å². The minimum absolute atomic E-state index is 0.302. The highest BCUT2D eigenvalue weighted by Crippen LogP contribution is 2.14. The molecule has 0 aliphatic heterocycles. The zero-order valence-electron chi connectivity index (χ0n) is 6.89. The second-order valence-electron chi connectivity index (χ2n) is 3.31. The van der Waals surface area contributed by atoms with Gasteiger partial charge in [-0.25, -0.2) is 0 Å². The van der Waals surface area contributed by atoms with Crippen LogP contribution in [0.15, 0.2) is 24.3 Å². The average Bonchev–Trinajstić information content (AvgIpc) is 1.78. The number of rotatable bonds is 2. The molecule has 0 aromatic carbocycles. The van der Waals surface area contributed by atoms with E-state index in [2.05, 4.69) is 61.0 Å². The van der Waals surface area contributed by atoms with E-state index in [4.69, 9.17) is 0 Å². The maximum atomic E-state index is 3.31. The van der Waals surface area contributed by atoms with Gasteiger partial charge < -0.3 is 0 Å². The normalized spacial score (nSPS) is 13.6. The van der Waals surface area contributed by atoms with Crippen LogP contribution in [0.25, 0.3) is 0 Å². The largest absolute Gasteiger partial charge is 0.0883 e. The molecule has 0 aliphatic carbocycles. The zero-order valence-corrected chi connectivity index (χ0v) is 8.48. The fourth-order valence-electron chi connectivity index (χ4n) is 0.474. The summed E-state index contributed by atoms with van der Waals surface area (Å²) in [4.78, 5) is 0. The minimum Gasteiger partial charge on any atom is -0.0883 e. The molecule has 58 valence electrons. The molecule has 0 aromatic rings. The van der Waals surface area contributed by atoms with Gasteiger partial charge in [0.2, 0.25) is 0 Å². The van der Waals surface area contributed by atoms with Crippen molar-refractivity contribution in [3.05, 3.63) is 24.3 Å². The van der Waals surface area contributed by atoms with E-state index in [-0.39, 0.29) is 0 Å². The average molecular weight is 203 g/mol. The first-order valence-electron chi connectivity index (χ1n) is 3.46. The van der Waals surface area contributed by atoms with Crippen molar-refractivity contribution < 1.29 is 0 Å². The molecule has 0 aromatic heterocycles. The lowest BCUT2D eigenvalue weighted by Gasteiger charge is -2.09. The summed E-state index contributed by atoms with van der Waals surface area (Å²) < 4.78 is 0. The van der Waals surface area contributed by atoms with Crippen molar-refractivity contribution in [3.8, 4) is 0 Å². The van der Waals surface area contributed by atoms with Gasteiger partial charge in [0.1, 0.15) is 0 Å². The number of halogens is 1. The Morgan fingerprint density at radius 1 is 1.20 bits per heavy atom. The molecule has 0 saturated carbocycles. The molecule has 10 heavy (non-hydrogen) atoms. The van der Waals surface area contributed by atoms with Gasteiger partial charge in [-0.1, -0.05) is 61.0 Å². The van der Waals surface area contributed by atoms with E-state index in [1.807, 2.05) is 0 Å². The molecule has 0 radical (unpaired) electrons. The summed E-state index contributed by atoms with van der Waals surface area (Å²) in [5.74, 6) is 0. The van der Waals surface area contributed by atoms with Gasteiger partial charge in [0.25, 0.3) is 0 Å². The summed E-state index contributed by atoms with van der Waals surface area (Å²) in [7, 11) is 0. The van der Waals surface area contributed by atoms with Crippen LogP contribution in [0.4, 0.5) is 0 Å². The van der Waals surface area contributed by atoms with E-state index in [9.17, 15) is 0 Å². The molecule has 0 bridgehead atoms. The maximum absolute atomic E-state index is 3.31. The number of allylic oxidation sites excluding steroid dienone is 4. The van der Waals surface area contributed by atoms with Gasteiger partial charge >= 0.3 is 0 Å². The van der Waals surface area contributed by atoms with Crippen molar-refractivity contribution in [2.45, 2.75) is 20.8 Å². The first-order chi connectivity index (χ1) is 4.56. The third kappa shape index (κ3) is 7.96. The quantitative estimate of drug-likeness (QED) is 0.475. The van der Waals surface area contributed by atoms with Crippen molar-refractivity contribution in [3.63, 3.8) is 0 Å². The topological polar surface area (TPSA) is 0 Å². The molecule has 0 spiro atoms. The highest BCUT2D eigenvalue weighted by molar-refractivity contribution is 9.09. The molecule has 0 unspecified atom stereocenters. The van der Waals surface area contributed by atoms with E-state index in [0.717, 1.165) is 5.33 Å². The summed E-state index contributed by atoms with van der Waals surface area (Å²) in [5.41, 5.74) is 0.302. The predicted molar refractivity (Wildman–Crippen MR) is 51.5 cm³/mol. The van der Waals surface area contributed by atoms with Crippen LogP contribution in [0.3, 0.4) is 0 Å². The van der Waals surface area contributed by atoms with E-state index < -0.39 is 0 Å². The van der Waals surface area contributed by atoms with Gasteiger partial charge in [-0.05, 0) is 5.41 Å². The van der Waals surface area contributed by atoms with Crippen LogP contribution in [0.5, 0.6) is 0 Å². The van der Waals surface area contributed by atoms with Crippen molar-refractivity contribution in [2.75, 3.05) is 5.33 Å². The molecule has 0 fully saturated rings. The number of hydrogen-bond donors (Lipinski definition) is 0. The Hall–Kier alpha value is -0.0400. The van der Waals surface area contributed by atoms with Gasteiger partial charge in [-0.3, -0.25) is 0 Å². The second kappa shape index (κ2) is 4.73. The molecule has 0 rings (SSSR count). The summed E-state index contributed by atoms with van der Waals surface area (Å²) in [5, 5.41) is 0.932. The SMILES string of the molecule is CC(C)(C)C=CC=CCBr. The van der Waals surface area contributed by atoms with Crippen LogP contribution in [0, 0.1) is 5.41 Å². The summed E-state index contributed by atoms with van der Waals surface area (Å²) in [6.45, 7) is 6.56. The minimum atomic E-state index is 0.302. The molecule has 0 aliphatic rings. The van der Waals surface area contributed by atoms with Gasteiger partial charge in [0.15, 0.2) is 0 Å². The summed E-state index contributed by atoms with van der Waals surface area (Å²) >= 11 is 3.31. The van der Waals surface area contributed by atoms with Crippen molar-refractivity contribution in [1.82, 2.24) is 0 Å². The monoisotopic (exact) mass is 202 g/mol. The standard InChI is InChI=1S/C9H15Br/c1-9(2,3)7-5-4-6-8-10/h4-7H,8H2,1-3H3.